The van der Waals surface area contributed by atoms with Crippen LogP contribution in [0.5, 0.6) is 0 Å². The number of Topliss-reactive ketones (excluding diaryl/α,β-unsaturated/α-hetero) is 4. The lowest BCUT2D eigenvalue weighted by atomic mass is 9.70. The minimum absolute atomic E-state index is 0.201. The standard InChI is InChI=1S/C24H26N2O4.C22H20ClNO4/c1-14(27)13-25-23(30)20-21(28)18-12-16(9-10-19(18)24(2,3)22(20)29)15-7-6-8-17(11-15)26(4)5;1-12(25)11-24-21(28)18-19(26)16-10-14(13-4-7-15(23)8-5-13)6-9-17(16)22(2,3)20(18)27/h6-12,28H,13H2,1-5H3,(H,25,30);4-10,26H,11H2,1-3H3,(H,24,28). The van der Waals surface area contributed by atoms with Crippen molar-refractivity contribution in [3.05, 3.63) is 123 Å². The van der Waals surface area contributed by atoms with Crippen molar-refractivity contribution < 1.29 is 39.0 Å². The third-order valence-electron chi connectivity index (χ3n) is 10.3. The molecule has 2 amide bonds. The van der Waals surface area contributed by atoms with Gasteiger partial charge >= 0.3 is 0 Å². The van der Waals surface area contributed by atoms with Crippen LogP contribution in [0, 0.1) is 0 Å². The molecule has 12 heteroatoms. The highest BCUT2D eigenvalue weighted by molar-refractivity contribution is 6.31. The first-order valence-electron chi connectivity index (χ1n) is 18.5. The number of aliphatic hydroxyl groups is 2. The van der Waals surface area contributed by atoms with Gasteiger partial charge in [-0.3, -0.25) is 28.8 Å². The average molecular weight is 804 g/mol. The maximum Gasteiger partial charge on any atom is 0.259 e. The van der Waals surface area contributed by atoms with E-state index in [2.05, 4.69) is 10.6 Å². The number of amides is 2. The number of carbonyl (C=O) groups excluding carboxylic acids is 6. The van der Waals surface area contributed by atoms with Gasteiger partial charge < -0.3 is 25.7 Å². The van der Waals surface area contributed by atoms with E-state index >= 15 is 0 Å². The molecule has 0 bridgehead atoms. The molecule has 11 nitrogen and oxygen atoms in total. The van der Waals surface area contributed by atoms with E-state index in [9.17, 15) is 39.0 Å². The summed E-state index contributed by atoms with van der Waals surface area (Å²) >= 11 is 5.94. The molecule has 0 aliphatic heterocycles. The molecule has 4 aromatic rings. The van der Waals surface area contributed by atoms with Crippen LogP contribution >= 0.6 is 11.6 Å². The molecule has 0 saturated heterocycles. The van der Waals surface area contributed by atoms with Crippen LogP contribution in [0.3, 0.4) is 0 Å². The van der Waals surface area contributed by atoms with Gasteiger partial charge in [-0.2, -0.15) is 0 Å². The van der Waals surface area contributed by atoms with E-state index in [0.717, 1.165) is 27.9 Å². The van der Waals surface area contributed by atoms with Crippen LogP contribution in [0.2, 0.25) is 5.02 Å². The Balaban J connectivity index is 0.000000221. The van der Waals surface area contributed by atoms with E-state index in [1.165, 1.54) is 13.8 Å². The monoisotopic (exact) mass is 803 g/mol. The number of anilines is 1. The van der Waals surface area contributed by atoms with Gasteiger partial charge in [-0.15, -0.1) is 0 Å². The minimum Gasteiger partial charge on any atom is -0.506 e. The second-order valence-electron chi connectivity index (χ2n) is 15.6. The van der Waals surface area contributed by atoms with Crippen LogP contribution in [-0.2, 0) is 39.6 Å². The SMILES string of the molecule is CC(=O)CNC(=O)C1=C(O)c2cc(-c3ccc(Cl)cc3)ccc2C(C)(C)C1=O.CC(=O)CNC(=O)C1=C(O)c2cc(-c3cccc(N(C)C)c3)ccc2C(C)(C)C1=O. The van der Waals surface area contributed by atoms with E-state index in [-0.39, 0.29) is 47.3 Å². The van der Waals surface area contributed by atoms with Crippen LogP contribution in [0.4, 0.5) is 5.69 Å². The molecule has 0 unspecified atom stereocenters. The highest BCUT2D eigenvalue weighted by Crippen LogP contribution is 2.43. The summed E-state index contributed by atoms with van der Waals surface area (Å²) < 4.78 is 0. The molecular formula is C46H46ClN3O8. The topological polar surface area (TPSA) is 170 Å². The fourth-order valence-electron chi connectivity index (χ4n) is 6.90. The van der Waals surface area contributed by atoms with E-state index < -0.39 is 34.2 Å². The third kappa shape index (κ3) is 8.50. The molecule has 0 fully saturated rings. The number of hydrogen-bond donors (Lipinski definition) is 4. The van der Waals surface area contributed by atoms with Gasteiger partial charge in [-0.1, -0.05) is 60.1 Å². The number of aliphatic hydroxyl groups excluding tert-OH is 2. The molecule has 58 heavy (non-hydrogen) atoms. The fourth-order valence-corrected chi connectivity index (χ4v) is 7.02. The molecule has 0 spiro atoms. The number of rotatable bonds is 9. The largest absolute Gasteiger partial charge is 0.506 e. The smallest absolute Gasteiger partial charge is 0.259 e. The average Bonchev–Trinajstić information content (AvgIpc) is 3.18. The van der Waals surface area contributed by atoms with Gasteiger partial charge in [0.2, 0.25) is 0 Å². The Bertz CT molecular complexity index is 2440. The Morgan fingerprint density at radius 1 is 0.603 bits per heavy atom. The van der Waals surface area contributed by atoms with Crippen molar-refractivity contribution in [1.29, 1.82) is 0 Å². The van der Waals surface area contributed by atoms with Crippen LogP contribution in [0.25, 0.3) is 33.8 Å². The summed E-state index contributed by atoms with van der Waals surface area (Å²) in [5, 5.41) is 27.1. The first-order valence-corrected chi connectivity index (χ1v) is 18.9. The molecule has 2 aliphatic carbocycles. The van der Waals surface area contributed by atoms with Gasteiger partial charge in [0.15, 0.2) is 11.6 Å². The van der Waals surface area contributed by atoms with Crippen molar-refractivity contribution in [3.8, 4) is 22.3 Å². The number of ketones is 4. The highest BCUT2D eigenvalue weighted by atomic mass is 35.5. The molecule has 0 heterocycles. The molecule has 0 aromatic heterocycles. The van der Waals surface area contributed by atoms with Crippen LogP contribution in [0.15, 0.2) is 96.1 Å². The van der Waals surface area contributed by atoms with Gasteiger partial charge in [-0.05, 0) is 111 Å². The summed E-state index contributed by atoms with van der Waals surface area (Å²) in [5.41, 5.74) is 4.07. The Morgan fingerprint density at radius 2 is 1.00 bits per heavy atom. The second-order valence-corrected chi connectivity index (χ2v) is 16.0. The van der Waals surface area contributed by atoms with Crippen molar-refractivity contribution >= 4 is 63.8 Å². The molecule has 6 rings (SSSR count). The first-order chi connectivity index (χ1) is 27.2. The van der Waals surface area contributed by atoms with Crippen LogP contribution in [0.1, 0.15) is 63.8 Å². The van der Waals surface area contributed by atoms with Crippen molar-refractivity contribution in [2.45, 2.75) is 52.4 Å². The van der Waals surface area contributed by atoms with Crippen molar-refractivity contribution in [3.63, 3.8) is 0 Å². The first kappa shape index (κ1) is 42.8. The number of fused-ring (bicyclic) bond motifs is 2. The Morgan fingerprint density at radius 3 is 1.41 bits per heavy atom. The lowest BCUT2D eigenvalue weighted by molar-refractivity contribution is -0.127. The van der Waals surface area contributed by atoms with Gasteiger partial charge in [-0.25, -0.2) is 0 Å². The highest BCUT2D eigenvalue weighted by Gasteiger charge is 2.44. The predicted molar refractivity (Wildman–Crippen MR) is 226 cm³/mol. The molecular weight excluding hydrogens is 758 g/mol. The van der Waals surface area contributed by atoms with E-state index in [0.29, 0.717) is 27.3 Å². The Kier molecular flexibility index (Phi) is 12.3. The minimum atomic E-state index is -0.997. The summed E-state index contributed by atoms with van der Waals surface area (Å²) in [4.78, 5) is 75.4. The summed E-state index contributed by atoms with van der Waals surface area (Å²) in [6.45, 7) is 9.13. The summed E-state index contributed by atoms with van der Waals surface area (Å²) in [6, 6.07) is 26.1. The number of nitrogens with zero attached hydrogens (tertiary/aromatic N) is 1. The molecule has 2 aliphatic rings. The van der Waals surface area contributed by atoms with Gasteiger partial charge in [0.05, 0.1) is 23.9 Å². The van der Waals surface area contributed by atoms with Crippen molar-refractivity contribution in [1.82, 2.24) is 10.6 Å². The lowest BCUT2D eigenvalue weighted by Gasteiger charge is -2.32. The third-order valence-corrected chi connectivity index (χ3v) is 10.5. The molecule has 300 valence electrons. The lowest BCUT2D eigenvalue weighted by Crippen LogP contribution is -2.42. The van der Waals surface area contributed by atoms with Crippen molar-refractivity contribution in [2.75, 3.05) is 32.1 Å². The molecule has 0 saturated carbocycles. The maximum absolute atomic E-state index is 13.0. The maximum atomic E-state index is 13.0. The Hall–Kier alpha value is -6.33. The van der Waals surface area contributed by atoms with Gasteiger partial charge in [0.25, 0.3) is 11.8 Å². The number of halogens is 1. The summed E-state index contributed by atoms with van der Waals surface area (Å²) in [5.74, 6) is -3.69. The number of hydrogen-bond acceptors (Lipinski definition) is 9. The zero-order valence-electron chi connectivity index (χ0n) is 33.7. The molecule has 4 aromatic carbocycles. The predicted octanol–water partition coefficient (Wildman–Crippen LogP) is 7.10. The zero-order valence-corrected chi connectivity index (χ0v) is 34.4. The Labute approximate surface area is 342 Å². The van der Waals surface area contributed by atoms with Crippen LogP contribution in [-0.4, -0.2) is 72.3 Å². The number of benzene rings is 4. The van der Waals surface area contributed by atoms with Crippen LogP contribution < -0.4 is 15.5 Å². The van der Waals surface area contributed by atoms with E-state index in [1.807, 2.05) is 73.6 Å². The van der Waals surface area contributed by atoms with E-state index in [1.54, 1.807) is 58.0 Å². The normalized spacial score (nSPS) is 15.1. The van der Waals surface area contributed by atoms with E-state index in [4.69, 9.17) is 11.6 Å². The quantitative estimate of drug-likeness (QED) is 0.129. The molecule has 0 radical (unpaired) electrons. The molecule has 0 atom stereocenters. The number of carbonyl (C=O) groups is 6. The second kappa shape index (κ2) is 16.6. The van der Waals surface area contributed by atoms with Gasteiger partial charge in [0.1, 0.15) is 34.2 Å². The summed E-state index contributed by atoms with van der Waals surface area (Å²) in [6.07, 6.45) is 0. The van der Waals surface area contributed by atoms with Crippen molar-refractivity contribution in [2.24, 2.45) is 0 Å². The van der Waals surface area contributed by atoms with Gasteiger partial charge in [0, 0.05) is 35.9 Å². The fraction of sp³-hybridized carbons (Fsp3) is 0.261. The molecule has 4 N–H and O–H groups in total. The zero-order chi connectivity index (χ0) is 42.9. The number of nitrogens with one attached hydrogen (secondary N) is 2. The summed E-state index contributed by atoms with van der Waals surface area (Å²) in [7, 11) is 3.92.